The number of rotatable bonds is 4. The molecule has 6 heteroatoms. The van der Waals surface area contributed by atoms with Crippen LogP contribution in [0.15, 0.2) is 59.0 Å². The number of anilines is 1. The van der Waals surface area contributed by atoms with E-state index >= 15 is 0 Å². The number of aromatic nitrogens is 2. The summed E-state index contributed by atoms with van der Waals surface area (Å²) in [5.74, 6) is 1.48. The lowest BCUT2D eigenvalue weighted by Gasteiger charge is -2.04. The molecule has 3 aromatic heterocycles. The van der Waals surface area contributed by atoms with Crippen molar-refractivity contribution in [2.75, 3.05) is 5.43 Å². The largest absolute Gasteiger partial charge is 0.260 e. The lowest BCUT2D eigenvalue weighted by Crippen LogP contribution is -2.01. The van der Waals surface area contributed by atoms with E-state index in [4.69, 9.17) is 0 Å². The van der Waals surface area contributed by atoms with Crippen molar-refractivity contribution in [3.63, 3.8) is 0 Å². The first kappa shape index (κ1) is 15.9. The third kappa shape index (κ3) is 3.31. The van der Waals surface area contributed by atoms with Gasteiger partial charge in [0.1, 0.15) is 10.7 Å². The molecule has 4 rings (SSSR count). The summed E-state index contributed by atoms with van der Waals surface area (Å²) in [6.07, 6.45) is 0. The molecule has 0 aliphatic heterocycles. The Hall–Kier alpha value is -2.57. The van der Waals surface area contributed by atoms with Crippen LogP contribution in [0, 0.1) is 6.92 Å². The summed E-state index contributed by atoms with van der Waals surface area (Å²) in [5.41, 5.74) is 5.26. The number of hydrogen-bond acceptors (Lipinski definition) is 6. The first-order valence-electron chi connectivity index (χ1n) is 7.88. The number of aryl methyl sites for hydroxylation is 1. The van der Waals surface area contributed by atoms with Crippen molar-refractivity contribution in [2.24, 2.45) is 5.10 Å². The number of nitrogens with zero attached hydrogens (tertiary/aromatic N) is 3. The van der Waals surface area contributed by atoms with Crippen LogP contribution >= 0.6 is 22.7 Å². The van der Waals surface area contributed by atoms with Crippen LogP contribution in [0.25, 0.3) is 20.7 Å². The zero-order valence-electron chi connectivity index (χ0n) is 13.9. The Labute approximate surface area is 153 Å². The van der Waals surface area contributed by atoms with E-state index in [0.717, 1.165) is 32.4 Å². The van der Waals surface area contributed by atoms with Crippen LogP contribution in [0.2, 0.25) is 0 Å². The predicted molar refractivity (Wildman–Crippen MR) is 108 cm³/mol. The molecule has 0 aliphatic rings. The lowest BCUT2D eigenvalue weighted by atomic mass is 10.2. The molecule has 1 N–H and O–H groups in total. The Bertz CT molecular complexity index is 1030. The summed E-state index contributed by atoms with van der Waals surface area (Å²) in [6.45, 7) is 3.90. The molecule has 0 fully saturated rings. The van der Waals surface area contributed by atoms with Crippen molar-refractivity contribution in [1.82, 2.24) is 9.97 Å². The minimum atomic E-state index is 0.737. The van der Waals surface area contributed by atoms with Crippen molar-refractivity contribution >= 4 is 44.4 Å². The van der Waals surface area contributed by atoms with Crippen LogP contribution in [-0.2, 0) is 0 Å². The van der Waals surface area contributed by atoms with E-state index in [1.807, 2.05) is 43.5 Å². The zero-order chi connectivity index (χ0) is 17.2. The van der Waals surface area contributed by atoms with Gasteiger partial charge in [0.25, 0.3) is 0 Å². The normalized spacial score (nSPS) is 11.8. The quantitative estimate of drug-likeness (QED) is 0.381. The summed E-state index contributed by atoms with van der Waals surface area (Å²) >= 11 is 3.35. The first-order valence-corrected chi connectivity index (χ1v) is 9.58. The summed E-state index contributed by atoms with van der Waals surface area (Å²) in [5, 5.41) is 7.55. The van der Waals surface area contributed by atoms with Gasteiger partial charge in [-0.25, -0.2) is 9.97 Å². The third-order valence-corrected chi connectivity index (χ3v) is 5.83. The molecule has 0 atom stereocenters. The van der Waals surface area contributed by atoms with E-state index in [-0.39, 0.29) is 0 Å². The van der Waals surface area contributed by atoms with Crippen LogP contribution in [0.1, 0.15) is 17.6 Å². The molecule has 0 saturated carbocycles. The molecule has 25 heavy (non-hydrogen) atoms. The van der Waals surface area contributed by atoms with Gasteiger partial charge >= 0.3 is 0 Å². The van der Waals surface area contributed by atoms with Crippen LogP contribution in [0.5, 0.6) is 0 Å². The van der Waals surface area contributed by atoms with Gasteiger partial charge in [-0.15, -0.1) is 22.7 Å². The molecule has 0 bridgehead atoms. The second-order valence-electron chi connectivity index (χ2n) is 5.60. The highest BCUT2D eigenvalue weighted by Gasteiger charge is 2.11. The molecule has 0 aliphatic carbocycles. The van der Waals surface area contributed by atoms with E-state index < -0.39 is 0 Å². The molecular formula is C19H16N4S2. The van der Waals surface area contributed by atoms with Crippen LogP contribution in [0.3, 0.4) is 0 Å². The van der Waals surface area contributed by atoms with E-state index in [1.165, 1.54) is 10.4 Å². The maximum atomic E-state index is 4.58. The highest BCUT2D eigenvalue weighted by atomic mass is 32.1. The molecule has 0 saturated heterocycles. The molecular weight excluding hydrogens is 348 g/mol. The van der Waals surface area contributed by atoms with Gasteiger partial charge in [-0.05, 0) is 36.9 Å². The number of benzene rings is 1. The van der Waals surface area contributed by atoms with Gasteiger partial charge in [-0.1, -0.05) is 36.4 Å². The Kier molecular flexibility index (Phi) is 4.29. The van der Waals surface area contributed by atoms with E-state index in [0.29, 0.717) is 0 Å². The predicted octanol–water partition coefficient (Wildman–Crippen LogP) is 5.56. The average Bonchev–Trinajstić information content (AvgIpc) is 3.29. The van der Waals surface area contributed by atoms with Crippen molar-refractivity contribution in [2.45, 2.75) is 13.8 Å². The number of thiophene rings is 2. The molecule has 0 radical (unpaired) electrons. The number of hydrogen-bond donors (Lipinski definition) is 1. The highest BCUT2D eigenvalue weighted by molar-refractivity contribution is 7.21. The van der Waals surface area contributed by atoms with Gasteiger partial charge in [0.05, 0.1) is 11.1 Å². The third-order valence-electron chi connectivity index (χ3n) is 3.77. The Morgan fingerprint density at radius 2 is 1.92 bits per heavy atom. The van der Waals surface area contributed by atoms with Gasteiger partial charge in [-0.3, -0.25) is 5.43 Å². The van der Waals surface area contributed by atoms with Crippen molar-refractivity contribution < 1.29 is 0 Å². The van der Waals surface area contributed by atoms with Crippen molar-refractivity contribution in [3.8, 4) is 10.4 Å². The molecule has 4 aromatic rings. The van der Waals surface area contributed by atoms with Crippen LogP contribution in [0.4, 0.5) is 5.82 Å². The molecule has 3 heterocycles. The summed E-state index contributed by atoms with van der Waals surface area (Å²) < 4.78 is 0. The van der Waals surface area contributed by atoms with Gasteiger partial charge in [0.15, 0.2) is 5.82 Å². The Morgan fingerprint density at radius 1 is 1.08 bits per heavy atom. The second kappa shape index (κ2) is 6.74. The standard InChI is InChI=1S/C19H16N4S2/c1-12(16-9-6-10-24-16)22-23-18-15-11-17(14-7-4-3-5-8-14)25-19(15)21-13(2)20-18/h3-11H,1-2H3,(H,20,21,23). The average molecular weight is 364 g/mol. The smallest absolute Gasteiger partial charge is 0.158 e. The zero-order valence-corrected chi connectivity index (χ0v) is 15.5. The van der Waals surface area contributed by atoms with Gasteiger partial charge in [0, 0.05) is 9.75 Å². The van der Waals surface area contributed by atoms with Gasteiger partial charge in [0.2, 0.25) is 0 Å². The second-order valence-corrected chi connectivity index (χ2v) is 7.58. The minimum Gasteiger partial charge on any atom is -0.260 e. The summed E-state index contributed by atoms with van der Waals surface area (Å²) in [7, 11) is 0. The number of hydrazone groups is 1. The van der Waals surface area contributed by atoms with E-state index in [9.17, 15) is 0 Å². The van der Waals surface area contributed by atoms with Gasteiger partial charge < -0.3 is 0 Å². The highest BCUT2D eigenvalue weighted by Crippen LogP contribution is 2.35. The maximum Gasteiger partial charge on any atom is 0.158 e. The fourth-order valence-corrected chi connectivity index (χ4v) is 4.29. The van der Waals surface area contributed by atoms with E-state index in [1.54, 1.807) is 22.7 Å². The molecule has 1 aromatic carbocycles. The fraction of sp³-hybridized carbons (Fsp3) is 0.105. The topological polar surface area (TPSA) is 50.2 Å². The maximum absolute atomic E-state index is 4.58. The molecule has 4 nitrogen and oxygen atoms in total. The monoisotopic (exact) mass is 364 g/mol. The summed E-state index contributed by atoms with van der Waals surface area (Å²) in [4.78, 5) is 12.4. The number of nitrogens with one attached hydrogen (secondary N) is 1. The summed E-state index contributed by atoms with van der Waals surface area (Å²) in [6, 6.07) is 16.5. The molecule has 0 spiro atoms. The molecule has 124 valence electrons. The molecule has 0 amide bonds. The van der Waals surface area contributed by atoms with Crippen molar-refractivity contribution in [3.05, 3.63) is 64.6 Å². The SMILES string of the molecule is CC(=NNc1nc(C)nc2sc(-c3ccccc3)cc12)c1cccs1. The minimum absolute atomic E-state index is 0.737. The van der Waals surface area contributed by atoms with E-state index in [2.05, 4.69) is 44.8 Å². The van der Waals surface area contributed by atoms with Crippen molar-refractivity contribution in [1.29, 1.82) is 0 Å². The Morgan fingerprint density at radius 3 is 2.68 bits per heavy atom. The molecule has 0 unspecified atom stereocenters. The van der Waals surface area contributed by atoms with Crippen LogP contribution in [-0.4, -0.2) is 15.7 Å². The number of fused-ring (bicyclic) bond motifs is 1. The lowest BCUT2D eigenvalue weighted by molar-refractivity contribution is 1.08. The van der Waals surface area contributed by atoms with Gasteiger partial charge in [-0.2, -0.15) is 5.10 Å². The first-order chi connectivity index (χ1) is 12.2. The van der Waals surface area contributed by atoms with Crippen LogP contribution < -0.4 is 5.43 Å². The Balaban J connectivity index is 1.73. The fourth-order valence-electron chi connectivity index (χ4n) is 2.53.